The molecule has 2 rings (SSSR count). The molecular weight excluding hydrogens is 266 g/mol. The van der Waals surface area contributed by atoms with Gasteiger partial charge in [0.05, 0.1) is 6.54 Å². The van der Waals surface area contributed by atoms with E-state index in [4.69, 9.17) is 0 Å². The minimum atomic E-state index is -0.156. The van der Waals surface area contributed by atoms with Crippen LogP contribution in [-0.4, -0.2) is 16.1 Å². The Morgan fingerprint density at radius 1 is 1.39 bits per heavy atom. The van der Waals surface area contributed by atoms with Gasteiger partial charge in [0.2, 0.25) is 5.01 Å². The van der Waals surface area contributed by atoms with E-state index in [9.17, 15) is 4.79 Å². The van der Waals surface area contributed by atoms with E-state index in [-0.39, 0.29) is 11.3 Å². The highest BCUT2D eigenvalue weighted by atomic mass is 32.1. The standard InChI is InChI=1S/C12H15N3OS2/c1-12(2,3)11-15-14-10(18-11)9(16)13-7-8-5-4-6-17-8/h4-6H,7H2,1-3H3,(H,13,16). The van der Waals surface area contributed by atoms with Crippen molar-refractivity contribution in [2.75, 3.05) is 0 Å². The average Bonchev–Trinajstić information content (AvgIpc) is 2.96. The lowest BCUT2D eigenvalue weighted by Crippen LogP contribution is -2.22. The van der Waals surface area contributed by atoms with E-state index in [1.807, 2.05) is 17.5 Å². The molecule has 0 saturated heterocycles. The van der Waals surface area contributed by atoms with Crippen LogP contribution in [0.2, 0.25) is 0 Å². The van der Waals surface area contributed by atoms with Gasteiger partial charge in [-0.25, -0.2) is 0 Å². The predicted octanol–water partition coefficient (Wildman–Crippen LogP) is 2.83. The van der Waals surface area contributed by atoms with Crippen molar-refractivity contribution in [2.24, 2.45) is 0 Å². The van der Waals surface area contributed by atoms with E-state index < -0.39 is 0 Å². The molecule has 0 bridgehead atoms. The highest BCUT2D eigenvalue weighted by molar-refractivity contribution is 7.13. The number of hydrogen-bond donors (Lipinski definition) is 1. The Labute approximate surface area is 114 Å². The molecule has 0 saturated carbocycles. The average molecular weight is 281 g/mol. The molecule has 2 aromatic rings. The maximum atomic E-state index is 11.9. The summed E-state index contributed by atoms with van der Waals surface area (Å²) in [6.07, 6.45) is 0. The van der Waals surface area contributed by atoms with Gasteiger partial charge in [-0.1, -0.05) is 38.2 Å². The van der Waals surface area contributed by atoms with Crippen LogP contribution in [0.15, 0.2) is 17.5 Å². The van der Waals surface area contributed by atoms with Crippen molar-refractivity contribution < 1.29 is 4.79 Å². The van der Waals surface area contributed by atoms with Crippen molar-refractivity contribution in [3.63, 3.8) is 0 Å². The van der Waals surface area contributed by atoms with Gasteiger partial charge in [-0.05, 0) is 11.4 Å². The number of thiophene rings is 1. The summed E-state index contributed by atoms with van der Waals surface area (Å²) in [5.41, 5.74) is -0.0655. The van der Waals surface area contributed by atoms with Gasteiger partial charge in [-0.15, -0.1) is 21.5 Å². The molecule has 0 aliphatic rings. The lowest BCUT2D eigenvalue weighted by atomic mass is 9.98. The molecule has 0 aliphatic heterocycles. The monoisotopic (exact) mass is 281 g/mol. The van der Waals surface area contributed by atoms with Crippen LogP contribution in [-0.2, 0) is 12.0 Å². The molecule has 96 valence electrons. The molecule has 0 unspecified atom stereocenters. The molecule has 1 N–H and O–H groups in total. The Kier molecular flexibility index (Phi) is 3.77. The second-order valence-corrected chi connectivity index (χ2v) is 6.93. The summed E-state index contributed by atoms with van der Waals surface area (Å²) in [4.78, 5) is 13.0. The van der Waals surface area contributed by atoms with Gasteiger partial charge in [0.1, 0.15) is 5.01 Å². The smallest absolute Gasteiger partial charge is 0.282 e. The van der Waals surface area contributed by atoms with Crippen molar-refractivity contribution in [3.05, 3.63) is 32.4 Å². The minimum Gasteiger partial charge on any atom is -0.345 e. The van der Waals surface area contributed by atoms with Gasteiger partial charge in [-0.3, -0.25) is 4.79 Å². The molecule has 4 nitrogen and oxygen atoms in total. The zero-order chi connectivity index (χ0) is 13.2. The fourth-order valence-electron chi connectivity index (χ4n) is 1.27. The van der Waals surface area contributed by atoms with Crippen LogP contribution >= 0.6 is 22.7 Å². The zero-order valence-electron chi connectivity index (χ0n) is 10.6. The van der Waals surface area contributed by atoms with E-state index in [1.165, 1.54) is 11.3 Å². The molecule has 2 aromatic heterocycles. The number of nitrogens with zero attached hydrogens (tertiary/aromatic N) is 2. The number of carbonyl (C=O) groups is 1. The lowest BCUT2D eigenvalue weighted by molar-refractivity contribution is 0.0950. The summed E-state index contributed by atoms with van der Waals surface area (Å²) in [6.45, 7) is 6.71. The summed E-state index contributed by atoms with van der Waals surface area (Å²) < 4.78 is 0. The van der Waals surface area contributed by atoms with Crippen LogP contribution in [0.25, 0.3) is 0 Å². The topological polar surface area (TPSA) is 54.9 Å². The normalized spacial score (nSPS) is 11.5. The molecule has 2 heterocycles. The summed E-state index contributed by atoms with van der Waals surface area (Å²) in [6, 6.07) is 3.96. The Balaban J connectivity index is 1.99. The molecule has 18 heavy (non-hydrogen) atoms. The molecule has 0 aliphatic carbocycles. The summed E-state index contributed by atoms with van der Waals surface area (Å²) in [7, 11) is 0. The number of rotatable bonds is 3. The Morgan fingerprint density at radius 2 is 2.17 bits per heavy atom. The molecular formula is C12H15N3OS2. The van der Waals surface area contributed by atoms with E-state index in [0.717, 1.165) is 9.88 Å². The van der Waals surface area contributed by atoms with Crippen LogP contribution in [0.3, 0.4) is 0 Å². The molecule has 0 spiro atoms. The number of nitrogens with one attached hydrogen (secondary N) is 1. The van der Waals surface area contributed by atoms with Gasteiger partial charge >= 0.3 is 0 Å². The SMILES string of the molecule is CC(C)(C)c1nnc(C(=O)NCc2cccs2)s1. The number of aromatic nitrogens is 2. The first-order chi connectivity index (χ1) is 8.47. The maximum absolute atomic E-state index is 11.9. The third-order valence-corrected chi connectivity index (χ3v) is 4.49. The van der Waals surface area contributed by atoms with E-state index >= 15 is 0 Å². The second-order valence-electron chi connectivity index (χ2n) is 4.92. The highest BCUT2D eigenvalue weighted by Crippen LogP contribution is 2.25. The van der Waals surface area contributed by atoms with Crippen molar-refractivity contribution >= 4 is 28.6 Å². The van der Waals surface area contributed by atoms with Crippen molar-refractivity contribution in [1.82, 2.24) is 15.5 Å². The zero-order valence-corrected chi connectivity index (χ0v) is 12.2. The second kappa shape index (κ2) is 5.16. The first-order valence-electron chi connectivity index (χ1n) is 5.61. The number of amides is 1. The summed E-state index contributed by atoms with van der Waals surface area (Å²) in [5.74, 6) is -0.156. The fraction of sp³-hybridized carbons (Fsp3) is 0.417. The third kappa shape index (κ3) is 3.14. The van der Waals surface area contributed by atoms with Gasteiger partial charge in [-0.2, -0.15) is 0 Å². The highest BCUT2D eigenvalue weighted by Gasteiger charge is 2.21. The molecule has 6 heteroatoms. The summed E-state index contributed by atoms with van der Waals surface area (Å²) in [5, 5.41) is 14.1. The molecule has 0 aromatic carbocycles. The predicted molar refractivity (Wildman–Crippen MR) is 74.1 cm³/mol. The molecule has 0 atom stereocenters. The molecule has 0 radical (unpaired) electrons. The largest absolute Gasteiger partial charge is 0.345 e. The third-order valence-electron chi connectivity index (χ3n) is 2.26. The van der Waals surface area contributed by atoms with Crippen LogP contribution in [0.4, 0.5) is 0 Å². The van der Waals surface area contributed by atoms with Gasteiger partial charge in [0.15, 0.2) is 0 Å². The van der Waals surface area contributed by atoms with Crippen LogP contribution in [0.5, 0.6) is 0 Å². The van der Waals surface area contributed by atoms with Crippen molar-refractivity contribution in [3.8, 4) is 0 Å². The molecule has 1 amide bonds. The maximum Gasteiger partial charge on any atom is 0.282 e. The first-order valence-corrected chi connectivity index (χ1v) is 7.31. The lowest BCUT2D eigenvalue weighted by Gasteiger charge is -2.12. The van der Waals surface area contributed by atoms with E-state index in [0.29, 0.717) is 11.6 Å². The van der Waals surface area contributed by atoms with Crippen molar-refractivity contribution in [2.45, 2.75) is 32.7 Å². The quantitative estimate of drug-likeness (QED) is 0.941. The van der Waals surface area contributed by atoms with Crippen LogP contribution < -0.4 is 5.32 Å². The fourth-order valence-corrected chi connectivity index (χ4v) is 2.74. The molecule has 0 fully saturated rings. The number of carbonyl (C=O) groups excluding carboxylic acids is 1. The van der Waals surface area contributed by atoms with Gasteiger partial charge < -0.3 is 5.32 Å². The van der Waals surface area contributed by atoms with Crippen LogP contribution in [0, 0.1) is 0 Å². The Morgan fingerprint density at radius 3 is 2.72 bits per heavy atom. The van der Waals surface area contributed by atoms with E-state index in [2.05, 4.69) is 36.3 Å². The number of hydrogen-bond acceptors (Lipinski definition) is 5. The Hall–Kier alpha value is -1.27. The summed E-state index contributed by atoms with van der Waals surface area (Å²) >= 11 is 2.98. The Bertz CT molecular complexity index is 526. The van der Waals surface area contributed by atoms with Gasteiger partial charge in [0.25, 0.3) is 5.91 Å². The van der Waals surface area contributed by atoms with Crippen LogP contribution in [0.1, 0.15) is 40.5 Å². The van der Waals surface area contributed by atoms with Gasteiger partial charge in [0, 0.05) is 10.3 Å². The van der Waals surface area contributed by atoms with E-state index in [1.54, 1.807) is 11.3 Å². The first kappa shape index (κ1) is 13.2. The minimum absolute atomic E-state index is 0.0655. The van der Waals surface area contributed by atoms with Crippen molar-refractivity contribution in [1.29, 1.82) is 0 Å².